The summed E-state index contributed by atoms with van der Waals surface area (Å²) in [4.78, 5) is 13.9. The molecule has 1 aliphatic rings. The van der Waals surface area contributed by atoms with E-state index >= 15 is 0 Å². The molecule has 21 heavy (non-hydrogen) atoms. The molecule has 1 amide bonds. The number of hydrogen-bond donors (Lipinski definition) is 1. The average molecular weight is 314 g/mol. The largest absolute Gasteiger partial charge is 0.336 e. The van der Waals surface area contributed by atoms with Gasteiger partial charge >= 0.3 is 0 Å². The molecule has 0 bridgehead atoms. The Bertz CT molecular complexity index is 669. The SMILES string of the molecule is CCCN(C(=O)c1cc(S(N)(=O)=O)c(C)cc1F)C1CC1. The number of hydrogen-bond acceptors (Lipinski definition) is 3. The predicted molar refractivity (Wildman–Crippen MR) is 76.9 cm³/mol. The van der Waals surface area contributed by atoms with E-state index in [-0.39, 0.29) is 22.1 Å². The Morgan fingerprint density at radius 3 is 2.52 bits per heavy atom. The molecule has 2 rings (SSSR count). The maximum Gasteiger partial charge on any atom is 0.257 e. The van der Waals surface area contributed by atoms with Crippen LogP contribution >= 0.6 is 0 Å². The number of primary sulfonamides is 1. The number of halogens is 1. The summed E-state index contributed by atoms with van der Waals surface area (Å²) in [6.07, 6.45) is 2.57. The van der Waals surface area contributed by atoms with E-state index in [0.717, 1.165) is 31.4 Å². The predicted octanol–water partition coefficient (Wildman–Crippen LogP) is 1.80. The number of carbonyl (C=O) groups excluding carboxylic acids is 1. The topological polar surface area (TPSA) is 80.5 Å². The summed E-state index contributed by atoms with van der Waals surface area (Å²) in [7, 11) is -3.99. The molecule has 0 aromatic heterocycles. The summed E-state index contributed by atoms with van der Waals surface area (Å²) in [5.41, 5.74) is -0.0370. The summed E-state index contributed by atoms with van der Waals surface area (Å²) < 4.78 is 37.1. The molecule has 1 aromatic rings. The summed E-state index contributed by atoms with van der Waals surface area (Å²) in [5, 5.41) is 5.11. The second kappa shape index (κ2) is 5.73. The van der Waals surface area contributed by atoms with Gasteiger partial charge in [0.15, 0.2) is 0 Å². The van der Waals surface area contributed by atoms with Crippen LogP contribution in [0.25, 0.3) is 0 Å². The normalized spacial score (nSPS) is 15.0. The van der Waals surface area contributed by atoms with E-state index < -0.39 is 21.7 Å². The number of aryl methyl sites for hydroxylation is 1. The van der Waals surface area contributed by atoms with Crippen molar-refractivity contribution in [3.8, 4) is 0 Å². The zero-order valence-electron chi connectivity index (χ0n) is 12.1. The molecular formula is C14H19FN2O3S. The third kappa shape index (κ3) is 3.41. The van der Waals surface area contributed by atoms with E-state index in [1.54, 1.807) is 4.90 Å². The average Bonchev–Trinajstić information content (AvgIpc) is 3.17. The van der Waals surface area contributed by atoms with Gasteiger partial charge in [-0.15, -0.1) is 0 Å². The van der Waals surface area contributed by atoms with Crippen LogP contribution in [0.15, 0.2) is 17.0 Å². The monoisotopic (exact) mass is 314 g/mol. The van der Waals surface area contributed by atoms with Crippen LogP contribution in [0.2, 0.25) is 0 Å². The van der Waals surface area contributed by atoms with Crippen LogP contribution in [-0.4, -0.2) is 31.8 Å². The lowest BCUT2D eigenvalue weighted by atomic mass is 10.1. The Morgan fingerprint density at radius 2 is 2.05 bits per heavy atom. The van der Waals surface area contributed by atoms with Crippen LogP contribution < -0.4 is 5.14 Å². The van der Waals surface area contributed by atoms with Crippen molar-refractivity contribution in [2.24, 2.45) is 5.14 Å². The number of benzene rings is 1. The van der Waals surface area contributed by atoms with Gasteiger partial charge in [0.1, 0.15) is 5.82 Å². The van der Waals surface area contributed by atoms with Gasteiger partial charge in [0, 0.05) is 12.6 Å². The number of nitrogens with two attached hydrogens (primary N) is 1. The quantitative estimate of drug-likeness (QED) is 0.900. The zero-order valence-corrected chi connectivity index (χ0v) is 12.9. The molecule has 0 radical (unpaired) electrons. The number of rotatable bonds is 5. The van der Waals surface area contributed by atoms with E-state index in [1.807, 2.05) is 6.92 Å². The molecular weight excluding hydrogens is 295 g/mol. The molecule has 0 spiro atoms. The van der Waals surface area contributed by atoms with Gasteiger partial charge < -0.3 is 4.90 Å². The van der Waals surface area contributed by atoms with Crippen molar-refractivity contribution in [3.63, 3.8) is 0 Å². The Kier molecular flexibility index (Phi) is 4.34. The Hall–Kier alpha value is -1.47. The standard InChI is InChI=1S/C14H19FN2O3S/c1-3-6-17(10-4-5-10)14(18)11-8-13(21(16,19)20)9(2)7-12(11)15/h7-8,10H,3-6H2,1-2H3,(H2,16,19,20). The zero-order chi connectivity index (χ0) is 15.8. The number of carbonyl (C=O) groups is 1. The van der Waals surface area contributed by atoms with Crippen molar-refractivity contribution in [1.82, 2.24) is 4.90 Å². The van der Waals surface area contributed by atoms with Crippen LogP contribution in [-0.2, 0) is 10.0 Å². The molecule has 0 atom stereocenters. The molecule has 116 valence electrons. The van der Waals surface area contributed by atoms with E-state index in [9.17, 15) is 17.6 Å². The summed E-state index contributed by atoms with van der Waals surface area (Å²) in [6.45, 7) is 3.91. The molecule has 0 aliphatic heterocycles. The molecule has 1 fully saturated rings. The minimum absolute atomic E-state index is 0.135. The summed E-state index contributed by atoms with van der Waals surface area (Å²) in [5.74, 6) is -1.19. The van der Waals surface area contributed by atoms with Crippen molar-refractivity contribution < 1.29 is 17.6 Å². The lowest BCUT2D eigenvalue weighted by molar-refractivity contribution is 0.0738. The van der Waals surface area contributed by atoms with Gasteiger partial charge in [-0.25, -0.2) is 17.9 Å². The van der Waals surface area contributed by atoms with Crippen molar-refractivity contribution >= 4 is 15.9 Å². The van der Waals surface area contributed by atoms with E-state index in [1.165, 1.54) is 6.92 Å². The van der Waals surface area contributed by atoms with Crippen molar-refractivity contribution in [3.05, 3.63) is 29.1 Å². The first-order valence-corrected chi connectivity index (χ1v) is 8.44. The van der Waals surface area contributed by atoms with Gasteiger partial charge in [0.05, 0.1) is 10.5 Å². The Balaban J connectivity index is 2.45. The fourth-order valence-corrected chi connectivity index (χ4v) is 3.14. The van der Waals surface area contributed by atoms with E-state index in [0.29, 0.717) is 6.54 Å². The highest BCUT2D eigenvalue weighted by Crippen LogP contribution is 2.29. The molecule has 0 heterocycles. The van der Waals surface area contributed by atoms with Crippen molar-refractivity contribution in [1.29, 1.82) is 0 Å². The third-order valence-electron chi connectivity index (χ3n) is 3.51. The lowest BCUT2D eigenvalue weighted by Crippen LogP contribution is -2.34. The van der Waals surface area contributed by atoms with Crippen LogP contribution in [0.5, 0.6) is 0 Å². The third-order valence-corrected chi connectivity index (χ3v) is 4.57. The highest BCUT2D eigenvalue weighted by atomic mass is 32.2. The lowest BCUT2D eigenvalue weighted by Gasteiger charge is -2.22. The van der Waals surface area contributed by atoms with Crippen LogP contribution in [0.3, 0.4) is 0 Å². The molecule has 1 aliphatic carbocycles. The molecule has 1 aromatic carbocycles. The van der Waals surface area contributed by atoms with E-state index in [2.05, 4.69) is 0 Å². The minimum Gasteiger partial charge on any atom is -0.336 e. The maximum atomic E-state index is 14.1. The number of sulfonamides is 1. The van der Waals surface area contributed by atoms with Crippen molar-refractivity contribution in [2.45, 2.75) is 44.0 Å². The van der Waals surface area contributed by atoms with Crippen LogP contribution in [0.4, 0.5) is 4.39 Å². The fraction of sp³-hybridized carbons (Fsp3) is 0.500. The molecule has 2 N–H and O–H groups in total. The molecule has 1 saturated carbocycles. The van der Waals surface area contributed by atoms with Gasteiger partial charge in [0.2, 0.25) is 10.0 Å². The first-order valence-electron chi connectivity index (χ1n) is 6.89. The van der Waals surface area contributed by atoms with Crippen LogP contribution in [0.1, 0.15) is 42.1 Å². The maximum absolute atomic E-state index is 14.1. The molecule has 7 heteroatoms. The second-order valence-electron chi connectivity index (χ2n) is 5.37. The van der Waals surface area contributed by atoms with Gasteiger partial charge in [-0.1, -0.05) is 6.92 Å². The minimum atomic E-state index is -3.99. The first-order chi connectivity index (χ1) is 9.75. The highest BCUT2D eigenvalue weighted by molar-refractivity contribution is 7.89. The Morgan fingerprint density at radius 1 is 1.43 bits per heavy atom. The summed E-state index contributed by atoms with van der Waals surface area (Å²) >= 11 is 0. The van der Waals surface area contributed by atoms with Gasteiger partial charge in [-0.05, 0) is 43.9 Å². The Labute approximate surface area is 124 Å². The fourth-order valence-electron chi connectivity index (χ4n) is 2.36. The first kappa shape index (κ1) is 15.9. The smallest absolute Gasteiger partial charge is 0.257 e. The van der Waals surface area contributed by atoms with Crippen molar-refractivity contribution in [2.75, 3.05) is 6.54 Å². The second-order valence-corrected chi connectivity index (χ2v) is 6.90. The molecule has 0 saturated heterocycles. The highest BCUT2D eigenvalue weighted by Gasteiger charge is 2.34. The van der Waals surface area contributed by atoms with Gasteiger partial charge in [-0.2, -0.15) is 0 Å². The van der Waals surface area contributed by atoms with Crippen LogP contribution in [0, 0.1) is 12.7 Å². The molecule has 0 unspecified atom stereocenters. The van der Waals surface area contributed by atoms with Gasteiger partial charge in [-0.3, -0.25) is 4.79 Å². The number of nitrogens with zero attached hydrogens (tertiary/aromatic N) is 1. The number of amides is 1. The molecule has 5 nitrogen and oxygen atoms in total. The van der Waals surface area contributed by atoms with E-state index in [4.69, 9.17) is 5.14 Å². The summed E-state index contributed by atoms with van der Waals surface area (Å²) in [6, 6.07) is 2.23. The van der Waals surface area contributed by atoms with Gasteiger partial charge in [0.25, 0.3) is 5.91 Å².